The molecule has 1 N–H and O–H groups in total. The highest BCUT2D eigenvalue weighted by Gasteiger charge is 2.14. The van der Waals surface area contributed by atoms with Crippen molar-refractivity contribution >= 4 is 33.2 Å². The minimum atomic E-state index is -0.126. The van der Waals surface area contributed by atoms with E-state index in [1.54, 1.807) is 42.8 Å². The number of benzene rings is 1. The predicted molar refractivity (Wildman–Crippen MR) is 83.6 cm³/mol. The Morgan fingerprint density at radius 3 is 3.00 bits per heavy atom. The Balaban J connectivity index is 2.01. The first-order valence-electron chi connectivity index (χ1n) is 6.13. The van der Waals surface area contributed by atoms with Crippen LogP contribution in [-0.4, -0.2) is 24.5 Å². The highest BCUT2D eigenvalue weighted by molar-refractivity contribution is 9.10. The molecule has 0 bridgehead atoms. The van der Waals surface area contributed by atoms with Gasteiger partial charge in [-0.2, -0.15) is 0 Å². The van der Waals surface area contributed by atoms with Crippen molar-refractivity contribution in [2.75, 3.05) is 13.7 Å². The van der Waals surface area contributed by atoms with Crippen LogP contribution in [0, 0.1) is 0 Å². The lowest BCUT2D eigenvalue weighted by Crippen LogP contribution is -2.27. The normalized spacial score (nSPS) is 11.9. The lowest BCUT2D eigenvalue weighted by molar-refractivity contribution is 0.0950. The van der Waals surface area contributed by atoms with Gasteiger partial charge in [-0.1, -0.05) is 6.92 Å². The standard InChI is InChI=1S/C14H15BrN2O2S/c1-9(14-16-5-6-20-14)8-17-13(18)11-7-10(19-2)3-4-12(11)15/h3-7,9H,8H2,1-2H3,(H,17,18). The van der Waals surface area contributed by atoms with Gasteiger partial charge in [0.25, 0.3) is 5.91 Å². The molecule has 0 saturated heterocycles. The molecule has 1 unspecified atom stereocenters. The molecule has 1 heterocycles. The second kappa shape index (κ2) is 6.85. The van der Waals surface area contributed by atoms with Gasteiger partial charge in [0.15, 0.2) is 0 Å². The fourth-order valence-corrected chi connectivity index (χ4v) is 2.84. The molecule has 6 heteroatoms. The molecule has 0 spiro atoms. The zero-order valence-corrected chi connectivity index (χ0v) is 13.6. The summed E-state index contributed by atoms with van der Waals surface area (Å²) in [6.45, 7) is 2.59. The van der Waals surface area contributed by atoms with Crippen molar-refractivity contribution in [3.8, 4) is 5.75 Å². The van der Waals surface area contributed by atoms with Crippen molar-refractivity contribution in [3.63, 3.8) is 0 Å². The van der Waals surface area contributed by atoms with E-state index in [4.69, 9.17) is 4.74 Å². The third-order valence-electron chi connectivity index (χ3n) is 2.86. The van der Waals surface area contributed by atoms with Gasteiger partial charge in [0.1, 0.15) is 5.75 Å². The van der Waals surface area contributed by atoms with Crippen LogP contribution in [0.2, 0.25) is 0 Å². The van der Waals surface area contributed by atoms with Crippen LogP contribution in [0.15, 0.2) is 34.2 Å². The van der Waals surface area contributed by atoms with E-state index in [2.05, 4.69) is 26.2 Å². The van der Waals surface area contributed by atoms with E-state index in [1.807, 2.05) is 12.3 Å². The smallest absolute Gasteiger partial charge is 0.252 e. The second-order valence-corrected chi connectivity index (χ2v) is 6.11. The minimum Gasteiger partial charge on any atom is -0.497 e. The first-order valence-corrected chi connectivity index (χ1v) is 7.80. The van der Waals surface area contributed by atoms with Gasteiger partial charge in [-0.15, -0.1) is 11.3 Å². The van der Waals surface area contributed by atoms with Gasteiger partial charge in [0, 0.05) is 28.5 Å². The van der Waals surface area contributed by atoms with Gasteiger partial charge in [-0.05, 0) is 34.1 Å². The molecule has 0 aliphatic rings. The number of amides is 1. The number of hydrogen-bond acceptors (Lipinski definition) is 4. The summed E-state index contributed by atoms with van der Waals surface area (Å²) < 4.78 is 5.88. The van der Waals surface area contributed by atoms with Crippen LogP contribution in [-0.2, 0) is 0 Å². The number of ether oxygens (including phenoxy) is 1. The number of hydrogen-bond donors (Lipinski definition) is 1. The molecule has 0 aliphatic heterocycles. The quantitative estimate of drug-likeness (QED) is 0.894. The van der Waals surface area contributed by atoms with Crippen LogP contribution in [0.5, 0.6) is 5.75 Å². The van der Waals surface area contributed by atoms with Crippen molar-refractivity contribution in [3.05, 3.63) is 44.8 Å². The van der Waals surface area contributed by atoms with Crippen LogP contribution >= 0.6 is 27.3 Å². The third kappa shape index (κ3) is 3.58. The van der Waals surface area contributed by atoms with Crippen molar-refractivity contribution < 1.29 is 9.53 Å². The average molecular weight is 355 g/mol. The number of carbonyl (C=O) groups is 1. The number of rotatable bonds is 5. The predicted octanol–water partition coefficient (Wildman–Crippen LogP) is 3.45. The van der Waals surface area contributed by atoms with Crippen LogP contribution in [0.4, 0.5) is 0 Å². The first-order chi connectivity index (χ1) is 9.61. The number of aromatic nitrogens is 1. The maximum Gasteiger partial charge on any atom is 0.252 e. The maximum absolute atomic E-state index is 12.2. The number of methoxy groups -OCH3 is 1. The summed E-state index contributed by atoms with van der Waals surface area (Å²) >= 11 is 4.98. The molecule has 1 atom stereocenters. The largest absolute Gasteiger partial charge is 0.497 e. The number of nitrogens with one attached hydrogen (secondary N) is 1. The first kappa shape index (κ1) is 15.0. The number of thiazole rings is 1. The van der Waals surface area contributed by atoms with Gasteiger partial charge in [0.2, 0.25) is 0 Å². The van der Waals surface area contributed by atoms with Crippen LogP contribution in [0.1, 0.15) is 28.2 Å². The summed E-state index contributed by atoms with van der Waals surface area (Å²) in [6, 6.07) is 5.32. The number of nitrogens with zero attached hydrogens (tertiary/aromatic N) is 1. The molecule has 0 fully saturated rings. The summed E-state index contributed by atoms with van der Waals surface area (Å²) in [4.78, 5) is 16.4. The summed E-state index contributed by atoms with van der Waals surface area (Å²) in [7, 11) is 1.58. The van der Waals surface area contributed by atoms with E-state index in [-0.39, 0.29) is 11.8 Å². The van der Waals surface area contributed by atoms with E-state index in [1.165, 1.54) is 0 Å². The molecule has 106 valence electrons. The van der Waals surface area contributed by atoms with Crippen LogP contribution in [0.25, 0.3) is 0 Å². The van der Waals surface area contributed by atoms with Gasteiger partial charge >= 0.3 is 0 Å². The molecule has 0 aliphatic carbocycles. The maximum atomic E-state index is 12.2. The monoisotopic (exact) mass is 354 g/mol. The Morgan fingerprint density at radius 1 is 1.55 bits per heavy atom. The molecule has 1 aromatic heterocycles. The molecular formula is C14H15BrN2O2S. The molecule has 1 aromatic carbocycles. The zero-order chi connectivity index (χ0) is 14.5. The van der Waals surface area contributed by atoms with Crippen LogP contribution < -0.4 is 10.1 Å². The molecule has 4 nitrogen and oxygen atoms in total. The molecular weight excluding hydrogens is 340 g/mol. The zero-order valence-electron chi connectivity index (χ0n) is 11.2. The summed E-state index contributed by atoms with van der Waals surface area (Å²) in [6.07, 6.45) is 1.77. The minimum absolute atomic E-state index is 0.126. The molecule has 2 aromatic rings. The molecule has 1 amide bonds. The SMILES string of the molecule is COc1ccc(Br)c(C(=O)NCC(C)c2nccs2)c1. The third-order valence-corrected chi connectivity index (χ3v) is 4.56. The van der Waals surface area contributed by atoms with E-state index in [9.17, 15) is 4.79 Å². The number of carbonyl (C=O) groups excluding carboxylic acids is 1. The Bertz CT molecular complexity index is 587. The fraction of sp³-hybridized carbons (Fsp3) is 0.286. The Hall–Kier alpha value is -1.40. The van der Waals surface area contributed by atoms with Crippen molar-refractivity contribution in [1.82, 2.24) is 10.3 Å². The summed E-state index contributed by atoms with van der Waals surface area (Å²) in [5.74, 6) is 0.730. The Labute approximate surface area is 130 Å². The molecule has 0 radical (unpaired) electrons. The lowest BCUT2D eigenvalue weighted by atomic mass is 10.1. The van der Waals surface area contributed by atoms with Gasteiger partial charge < -0.3 is 10.1 Å². The average Bonchev–Trinajstić information content (AvgIpc) is 2.99. The Morgan fingerprint density at radius 2 is 2.35 bits per heavy atom. The van der Waals surface area contributed by atoms with E-state index >= 15 is 0 Å². The highest BCUT2D eigenvalue weighted by Crippen LogP contribution is 2.23. The van der Waals surface area contributed by atoms with Crippen LogP contribution in [0.3, 0.4) is 0 Å². The molecule has 20 heavy (non-hydrogen) atoms. The summed E-state index contributed by atoms with van der Waals surface area (Å²) in [5, 5.41) is 5.88. The molecule has 0 saturated carbocycles. The van der Waals surface area contributed by atoms with Crippen molar-refractivity contribution in [2.45, 2.75) is 12.8 Å². The second-order valence-electron chi connectivity index (χ2n) is 4.33. The van der Waals surface area contributed by atoms with Gasteiger partial charge in [0.05, 0.1) is 17.7 Å². The van der Waals surface area contributed by atoms with E-state index < -0.39 is 0 Å². The van der Waals surface area contributed by atoms with Gasteiger partial charge in [-0.3, -0.25) is 4.79 Å². The fourth-order valence-electron chi connectivity index (χ4n) is 1.71. The van der Waals surface area contributed by atoms with E-state index in [0.717, 1.165) is 9.48 Å². The topological polar surface area (TPSA) is 51.2 Å². The highest BCUT2D eigenvalue weighted by atomic mass is 79.9. The van der Waals surface area contributed by atoms with E-state index in [0.29, 0.717) is 17.9 Å². The van der Waals surface area contributed by atoms with Gasteiger partial charge in [-0.25, -0.2) is 4.98 Å². The number of halogens is 1. The summed E-state index contributed by atoms with van der Waals surface area (Å²) in [5.41, 5.74) is 0.565. The van der Waals surface area contributed by atoms with Crippen molar-refractivity contribution in [1.29, 1.82) is 0 Å². The molecule has 2 rings (SSSR count). The Kier molecular flexibility index (Phi) is 5.14. The lowest BCUT2D eigenvalue weighted by Gasteiger charge is -2.11. The van der Waals surface area contributed by atoms with Crippen molar-refractivity contribution in [2.24, 2.45) is 0 Å².